The highest BCUT2D eigenvalue weighted by Gasteiger charge is 2.07. The van der Waals surface area contributed by atoms with E-state index in [0.717, 1.165) is 23.0 Å². The van der Waals surface area contributed by atoms with E-state index in [1.54, 1.807) is 0 Å². The molecule has 0 aliphatic heterocycles. The molecule has 0 aliphatic carbocycles. The molecular formula is C24H18O2. The SMILES string of the molecule is O=Cc1ccc(-c2ccc3ccccc3c2)cc1OCc1ccccc1. The maximum absolute atomic E-state index is 11.4. The molecule has 2 nitrogen and oxygen atoms in total. The highest BCUT2D eigenvalue weighted by molar-refractivity contribution is 5.88. The Kier molecular flexibility index (Phi) is 4.48. The second kappa shape index (κ2) is 7.24. The minimum atomic E-state index is 0.433. The summed E-state index contributed by atoms with van der Waals surface area (Å²) < 4.78 is 5.93. The van der Waals surface area contributed by atoms with Gasteiger partial charge in [-0.05, 0) is 45.7 Å². The molecule has 0 N–H and O–H groups in total. The minimum absolute atomic E-state index is 0.433. The minimum Gasteiger partial charge on any atom is -0.488 e. The summed E-state index contributed by atoms with van der Waals surface area (Å²) in [5, 5.41) is 2.40. The van der Waals surface area contributed by atoms with E-state index < -0.39 is 0 Å². The summed E-state index contributed by atoms with van der Waals surface area (Å²) in [7, 11) is 0. The van der Waals surface area contributed by atoms with Crippen LogP contribution in [0.2, 0.25) is 0 Å². The lowest BCUT2D eigenvalue weighted by Crippen LogP contribution is -1.98. The fourth-order valence-electron chi connectivity index (χ4n) is 3.04. The zero-order chi connectivity index (χ0) is 17.8. The molecular weight excluding hydrogens is 320 g/mol. The number of aldehydes is 1. The van der Waals surface area contributed by atoms with Crippen molar-refractivity contribution in [2.24, 2.45) is 0 Å². The standard InChI is InChI=1S/C24H18O2/c25-16-23-13-12-22(15-24(23)26-17-18-6-2-1-3-7-18)21-11-10-19-8-4-5-9-20(19)14-21/h1-16H,17H2. The zero-order valence-electron chi connectivity index (χ0n) is 14.3. The van der Waals surface area contributed by atoms with E-state index >= 15 is 0 Å². The molecule has 0 fully saturated rings. The molecule has 0 bridgehead atoms. The van der Waals surface area contributed by atoms with Gasteiger partial charge < -0.3 is 4.74 Å². The van der Waals surface area contributed by atoms with Crippen LogP contribution in [0.15, 0.2) is 91.0 Å². The van der Waals surface area contributed by atoms with Gasteiger partial charge in [-0.1, -0.05) is 72.8 Å². The number of fused-ring (bicyclic) bond motifs is 1. The van der Waals surface area contributed by atoms with Crippen molar-refractivity contribution in [3.63, 3.8) is 0 Å². The Morgan fingerprint density at radius 1 is 0.692 bits per heavy atom. The van der Waals surface area contributed by atoms with Crippen LogP contribution in [-0.4, -0.2) is 6.29 Å². The maximum Gasteiger partial charge on any atom is 0.153 e. The first-order valence-corrected chi connectivity index (χ1v) is 8.58. The van der Waals surface area contributed by atoms with Gasteiger partial charge in [-0.25, -0.2) is 0 Å². The van der Waals surface area contributed by atoms with Gasteiger partial charge in [-0.2, -0.15) is 0 Å². The summed E-state index contributed by atoms with van der Waals surface area (Å²) in [6, 6.07) is 30.3. The second-order valence-electron chi connectivity index (χ2n) is 6.21. The van der Waals surface area contributed by atoms with Gasteiger partial charge in [0, 0.05) is 0 Å². The van der Waals surface area contributed by atoms with Gasteiger partial charge >= 0.3 is 0 Å². The van der Waals surface area contributed by atoms with E-state index in [-0.39, 0.29) is 0 Å². The first-order valence-electron chi connectivity index (χ1n) is 8.58. The summed E-state index contributed by atoms with van der Waals surface area (Å²) in [6.45, 7) is 0.433. The molecule has 0 saturated heterocycles. The van der Waals surface area contributed by atoms with Crippen molar-refractivity contribution >= 4 is 17.1 Å². The van der Waals surface area contributed by atoms with E-state index in [4.69, 9.17) is 4.74 Å². The van der Waals surface area contributed by atoms with Gasteiger partial charge in [0.1, 0.15) is 12.4 Å². The molecule has 0 radical (unpaired) electrons. The average molecular weight is 338 g/mol. The van der Waals surface area contributed by atoms with Crippen LogP contribution in [0.5, 0.6) is 5.75 Å². The molecule has 4 aromatic rings. The van der Waals surface area contributed by atoms with E-state index in [9.17, 15) is 4.79 Å². The summed E-state index contributed by atoms with van der Waals surface area (Å²) >= 11 is 0. The number of hydrogen-bond acceptors (Lipinski definition) is 2. The highest BCUT2D eigenvalue weighted by atomic mass is 16.5. The lowest BCUT2D eigenvalue weighted by atomic mass is 10.00. The number of hydrogen-bond donors (Lipinski definition) is 0. The van der Waals surface area contributed by atoms with E-state index in [0.29, 0.717) is 17.9 Å². The van der Waals surface area contributed by atoms with Crippen molar-refractivity contribution in [1.29, 1.82) is 0 Å². The van der Waals surface area contributed by atoms with Crippen LogP contribution in [0.25, 0.3) is 21.9 Å². The second-order valence-corrected chi connectivity index (χ2v) is 6.21. The third-order valence-corrected chi connectivity index (χ3v) is 4.46. The predicted octanol–water partition coefficient (Wildman–Crippen LogP) is 5.90. The molecule has 0 amide bonds. The van der Waals surface area contributed by atoms with Crippen LogP contribution in [0.3, 0.4) is 0 Å². The highest BCUT2D eigenvalue weighted by Crippen LogP contribution is 2.29. The molecule has 0 aromatic heterocycles. The Morgan fingerprint density at radius 3 is 2.19 bits per heavy atom. The third-order valence-electron chi connectivity index (χ3n) is 4.46. The van der Waals surface area contributed by atoms with Gasteiger partial charge in [-0.3, -0.25) is 4.79 Å². The van der Waals surface area contributed by atoms with Crippen LogP contribution in [0.1, 0.15) is 15.9 Å². The molecule has 26 heavy (non-hydrogen) atoms. The van der Waals surface area contributed by atoms with Crippen LogP contribution in [0, 0.1) is 0 Å². The average Bonchev–Trinajstić information content (AvgIpc) is 2.72. The molecule has 0 aliphatic rings. The number of rotatable bonds is 5. The topological polar surface area (TPSA) is 26.3 Å². The summed E-state index contributed by atoms with van der Waals surface area (Å²) in [5.41, 5.74) is 3.76. The van der Waals surface area contributed by atoms with E-state index in [1.165, 1.54) is 10.8 Å². The molecule has 2 heteroatoms. The Bertz CT molecular complexity index is 1050. The number of benzene rings is 4. The molecule has 0 atom stereocenters. The van der Waals surface area contributed by atoms with Crippen LogP contribution >= 0.6 is 0 Å². The molecule has 4 rings (SSSR count). The van der Waals surface area contributed by atoms with E-state index in [2.05, 4.69) is 30.3 Å². The summed E-state index contributed by atoms with van der Waals surface area (Å²) in [5.74, 6) is 0.606. The number of carbonyl (C=O) groups is 1. The monoisotopic (exact) mass is 338 g/mol. The maximum atomic E-state index is 11.4. The van der Waals surface area contributed by atoms with Gasteiger partial charge in [0.15, 0.2) is 6.29 Å². The number of ether oxygens (including phenoxy) is 1. The Hall–Kier alpha value is -3.39. The zero-order valence-corrected chi connectivity index (χ0v) is 14.3. The van der Waals surface area contributed by atoms with Crippen LogP contribution < -0.4 is 4.74 Å². The predicted molar refractivity (Wildman–Crippen MR) is 106 cm³/mol. The molecule has 0 spiro atoms. The fourth-order valence-corrected chi connectivity index (χ4v) is 3.04. The molecule has 0 heterocycles. The van der Waals surface area contributed by atoms with Gasteiger partial charge in [0.25, 0.3) is 0 Å². The van der Waals surface area contributed by atoms with Gasteiger partial charge in [-0.15, -0.1) is 0 Å². The molecule has 4 aromatic carbocycles. The quantitative estimate of drug-likeness (QED) is 0.424. The largest absolute Gasteiger partial charge is 0.488 e. The normalized spacial score (nSPS) is 10.6. The van der Waals surface area contributed by atoms with Crippen molar-refractivity contribution in [3.8, 4) is 16.9 Å². The smallest absolute Gasteiger partial charge is 0.153 e. The summed E-state index contributed by atoms with van der Waals surface area (Å²) in [6.07, 6.45) is 0.838. The van der Waals surface area contributed by atoms with Crippen LogP contribution in [0.4, 0.5) is 0 Å². The molecule has 126 valence electrons. The first kappa shape index (κ1) is 16.1. The van der Waals surface area contributed by atoms with Crippen molar-refractivity contribution in [3.05, 3.63) is 102 Å². The van der Waals surface area contributed by atoms with Crippen molar-refractivity contribution in [2.75, 3.05) is 0 Å². The first-order chi connectivity index (χ1) is 12.8. The van der Waals surface area contributed by atoms with E-state index in [1.807, 2.05) is 60.7 Å². The third kappa shape index (κ3) is 3.35. The molecule has 0 unspecified atom stereocenters. The Labute approximate surface area is 152 Å². The lowest BCUT2D eigenvalue weighted by molar-refractivity contribution is 0.111. The molecule has 0 saturated carbocycles. The lowest BCUT2D eigenvalue weighted by Gasteiger charge is -2.11. The van der Waals surface area contributed by atoms with Crippen molar-refractivity contribution in [1.82, 2.24) is 0 Å². The Morgan fingerprint density at radius 2 is 1.38 bits per heavy atom. The Balaban J connectivity index is 1.67. The number of carbonyl (C=O) groups excluding carboxylic acids is 1. The van der Waals surface area contributed by atoms with Gasteiger partial charge in [0.05, 0.1) is 5.56 Å². The summed E-state index contributed by atoms with van der Waals surface area (Å²) in [4.78, 5) is 11.4. The van der Waals surface area contributed by atoms with Gasteiger partial charge in [0.2, 0.25) is 0 Å². The fraction of sp³-hybridized carbons (Fsp3) is 0.0417. The van der Waals surface area contributed by atoms with Crippen molar-refractivity contribution in [2.45, 2.75) is 6.61 Å². The van der Waals surface area contributed by atoms with Crippen LogP contribution in [-0.2, 0) is 6.61 Å². The van der Waals surface area contributed by atoms with Crippen molar-refractivity contribution < 1.29 is 9.53 Å².